The third kappa shape index (κ3) is 4.98. The van der Waals surface area contributed by atoms with Crippen LogP contribution in [-0.2, 0) is 16.6 Å². The highest BCUT2D eigenvalue weighted by molar-refractivity contribution is 7.99. The maximum Gasteiger partial charge on any atom is 0.244 e. The first kappa shape index (κ1) is 18.5. The molecule has 1 heterocycles. The second kappa shape index (κ2) is 8.17. The monoisotopic (exact) mass is 334 g/mol. The zero-order chi connectivity index (χ0) is 16.0. The average molecular weight is 335 g/mol. The highest BCUT2D eigenvalue weighted by atomic mass is 32.2. The van der Waals surface area contributed by atoms with Gasteiger partial charge in [-0.15, -0.1) is 0 Å². The summed E-state index contributed by atoms with van der Waals surface area (Å²) in [5, 5.41) is 4.32. The molecule has 0 saturated carbocycles. The molecule has 8 heteroatoms. The maximum absolute atomic E-state index is 12.5. The first-order valence-electron chi connectivity index (χ1n) is 7.17. The van der Waals surface area contributed by atoms with E-state index in [2.05, 4.69) is 16.7 Å². The first-order valence-corrected chi connectivity index (χ1v) is 9.81. The highest BCUT2D eigenvalue weighted by Crippen LogP contribution is 2.20. The smallest absolute Gasteiger partial charge is 0.244 e. The molecule has 0 fully saturated rings. The Labute approximate surface area is 131 Å². The van der Waals surface area contributed by atoms with Gasteiger partial charge >= 0.3 is 0 Å². The Balaban J connectivity index is 2.95. The molecule has 1 atom stereocenters. The summed E-state index contributed by atoms with van der Waals surface area (Å²) in [4.78, 5) is 0.299. The molecule has 1 aromatic rings. The molecule has 1 rings (SSSR count). The molecule has 1 aromatic heterocycles. The fraction of sp³-hybridized carbons (Fsp3) is 0.769. The van der Waals surface area contributed by atoms with Crippen molar-refractivity contribution < 1.29 is 8.42 Å². The Morgan fingerprint density at radius 2 is 2.10 bits per heavy atom. The van der Waals surface area contributed by atoms with Crippen molar-refractivity contribution in [3.63, 3.8) is 0 Å². The molecule has 1 unspecified atom stereocenters. The van der Waals surface area contributed by atoms with E-state index >= 15 is 0 Å². The summed E-state index contributed by atoms with van der Waals surface area (Å²) in [6.07, 6.45) is 0.776. The molecule has 21 heavy (non-hydrogen) atoms. The van der Waals surface area contributed by atoms with Gasteiger partial charge in [0.25, 0.3) is 0 Å². The Morgan fingerprint density at radius 3 is 2.67 bits per heavy atom. The molecule has 122 valence electrons. The van der Waals surface area contributed by atoms with E-state index < -0.39 is 10.0 Å². The summed E-state index contributed by atoms with van der Waals surface area (Å²) < 4.78 is 29.5. The summed E-state index contributed by atoms with van der Waals surface area (Å²) in [7, 11) is -3.53. The maximum atomic E-state index is 12.5. The first-order chi connectivity index (χ1) is 9.83. The van der Waals surface area contributed by atoms with E-state index in [-0.39, 0.29) is 6.04 Å². The highest BCUT2D eigenvalue weighted by Gasteiger charge is 2.25. The zero-order valence-electron chi connectivity index (χ0n) is 13.2. The van der Waals surface area contributed by atoms with Crippen molar-refractivity contribution in [1.82, 2.24) is 14.5 Å². The van der Waals surface area contributed by atoms with E-state index in [0.29, 0.717) is 29.4 Å². The molecule has 0 aliphatic carbocycles. The van der Waals surface area contributed by atoms with Gasteiger partial charge in [0, 0.05) is 18.3 Å². The SMILES string of the molecule is CCSCC(C)NS(=O)(=O)c1c(C)nn(CCCN)c1C. The molecule has 0 saturated heterocycles. The van der Waals surface area contributed by atoms with Crippen molar-refractivity contribution in [1.29, 1.82) is 0 Å². The second-order valence-electron chi connectivity index (χ2n) is 5.05. The van der Waals surface area contributed by atoms with Crippen LogP contribution in [0.1, 0.15) is 31.7 Å². The van der Waals surface area contributed by atoms with Crippen LogP contribution in [0.5, 0.6) is 0 Å². The van der Waals surface area contributed by atoms with Crippen molar-refractivity contribution in [2.45, 2.75) is 51.6 Å². The van der Waals surface area contributed by atoms with Gasteiger partial charge in [-0.3, -0.25) is 4.68 Å². The van der Waals surface area contributed by atoms with E-state index in [0.717, 1.165) is 17.9 Å². The van der Waals surface area contributed by atoms with Gasteiger partial charge in [0.05, 0.1) is 11.4 Å². The predicted molar refractivity (Wildman–Crippen MR) is 88.2 cm³/mol. The lowest BCUT2D eigenvalue weighted by Gasteiger charge is -2.14. The minimum atomic E-state index is -3.53. The number of nitrogens with two attached hydrogens (primary N) is 1. The molecule has 6 nitrogen and oxygen atoms in total. The third-order valence-corrected chi connectivity index (χ3v) is 6.07. The number of hydrogen-bond acceptors (Lipinski definition) is 5. The topological polar surface area (TPSA) is 90.0 Å². The van der Waals surface area contributed by atoms with Gasteiger partial charge in [-0.2, -0.15) is 16.9 Å². The molecule has 0 radical (unpaired) electrons. The van der Waals surface area contributed by atoms with E-state index in [1.54, 1.807) is 30.3 Å². The van der Waals surface area contributed by atoms with Crippen molar-refractivity contribution in [2.75, 3.05) is 18.1 Å². The van der Waals surface area contributed by atoms with Crippen LogP contribution in [0.25, 0.3) is 0 Å². The number of rotatable bonds is 9. The lowest BCUT2D eigenvalue weighted by Crippen LogP contribution is -2.34. The zero-order valence-corrected chi connectivity index (χ0v) is 14.9. The third-order valence-electron chi connectivity index (χ3n) is 3.09. The number of aromatic nitrogens is 2. The van der Waals surface area contributed by atoms with Crippen molar-refractivity contribution in [3.05, 3.63) is 11.4 Å². The van der Waals surface area contributed by atoms with Crippen LogP contribution in [0.15, 0.2) is 4.90 Å². The number of nitrogens with one attached hydrogen (secondary N) is 1. The van der Waals surface area contributed by atoms with Gasteiger partial charge in [0.2, 0.25) is 10.0 Å². The van der Waals surface area contributed by atoms with Gasteiger partial charge in [-0.05, 0) is 39.5 Å². The quantitative estimate of drug-likeness (QED) is 0.710. The van der Waals surface area contributed by atoms with Crippen LogP contribution in [0.3, 0.4) is 0 Å². The lowest BCUT2D eigenvalue weighted by atomic mass is 10.4. The van der Waals surface area contributed by atoms with Gasteiger partial charge < -0.3 is 5.73 Å². The Kier molecular flexibility index (Phi) is 7.19. The summed E-state index contributed by atoms with van der Waals surface area (Å²) in [6.45, 7) is 8.65. The average Bonchev–Trinajstić information content (AvgIpc) is 2.68. The number of thioether (sulfide) groups is 1. The summed E-state index contributed by atoms with van der Waals surface area (Å²) in [5.74, 6) is 1.73. The van der Waals surface area contributed by atoms with Crippen molar-refractivity contribution >= 4 is 21.8 Å². The molecule has 0 aliphatic rings. The van der Waals surface area contributed by atoms with Crippen molar-refractivity contribution in [2.24, 2.45) is 5.73 Å². The minimum Gasteiger partial charge on any atom is -0.330 e. The minimum absolute atomic E-state index is 0.105. The fourth-order valence-electron chi connectivity index (χ4n) is 2.18. The molecular weight excluding hydrogens is 308 g/mol. The van der Waals surface area contributed by atoms with E-state index in [4.69, 9.17) is 5.73 Å². The van der Waals surface area contributed by atoms with Crippen LogP contribution < -0.4 is 10.5 Å². The van der Waals surface area contributed by atoms with Gasteiger partial charge in [-0.25, -0.2) is 13.1 Å². The van der Waals surface area contributed by atoms with Crippen LogP contribution in [-0.4, -0.2) is 42.3 Å². The Morgan fingerprint density at radius 1 is 1.43 bits per heavy atom. The van der Waals surface area contributed by atoms with E-state index in [1.807, 2.05) is 6.92 Å². The fourth-order valence-corrected chi connectivity index (χ4v) is 4.61. The number of hydrogen-bond donors (Lipinski definition) is 2. The Hall–Kier alpha value is -0.570. The van der Waals surface area contributed by atoms with Gasteiger partial charge in [-0.1, -0.05) is 6.92 Å². The van der Waals surface area contributed by atoms with Crippen molar-refractivity contribution in [3.8, 4) is 0 Å². The number of aryl methyl sites for hydroxylation is 2. The van der Waals surface area contributed by atoms with E-state index in [9.17, 15) is 8.42 Å². The van der Waals surface area contributed by atoms with Crippen LogP contribution >= 0.6 is 11.8 Å². The molecule has 0 spiro atoms. The molecule has 3 N–H and O–H groups in total. The number of sulfonamides is 1. The lowest BCUT2D eigenvalue weighted by molar-refractivity contribution is 0.560. The molecular formula is C13H26N4O2S2. The van der Waals surface area contributed by atoms with Gasteiger partial charge in [0.15, 0.2) is 0 Å². The second-order valence-corrected chi connectivity index (χ2v) is 8.02. The van der Waals surface area contributed by atoms with Crippen LogP contribution in [0.4, 0.5) is 0 Å². The molecule has 0 aromatic carbocycles. The number of nitrogens with zero attached hydrogens (tertiary/aromatic N) is 2. The Bertz CT molecular complexity index is 555. The summed E-state index contributed by atoms with van der Waals surface area (Å²) >= 11 is 1.72. The molecule has 0 bridgehead atoms. The molecule has 0 amide bonds. The normalized spacial score (nSPS) is 13.6. The van der Waals surface area contributed by atoms with E-state index in [1.165, 1.54) is 0 Å². The van der Waals surface area contributed by atoms with Gasteiger partial charge in [0.1, 0.15) is 4.90 Å². The largest absolute Gasteiger partial charge is 0.330 e. The van der Waals surface area contributed by atoms with Crippen LogP contribution in [0.2, 0.25) is 0 Å². The predicted octanol–water partition coefficient (Wildman–Crippen LogP) is 1.27. The molecule has 0 aliphatic heterocycles. The summed E-state index contributed by atoms with van der Waals surface area (Å²) in [6, 6.07) is -0.105. The van der Waals surface area contributed by atoms with Crippen LogP contribution in [0, 0.1) is 13.8 Å². The standard InChI is InChI=1S/C13H26N4O2S2/c1-5-20-9-10(2)16-21(18,19)13-11(3)15-17(12(13)4)8-6-7-14/h10,16H,5-9,14H2,1-4H3. The summed E-state index contributed by atoms with van der Waals surface area (Å²) in [5.41, 5.74) is 6.70.